The molecule has 28 heavy (non-hydrogen) atoms. The lowest BCUT2D eigenvalue weighted by Crippen LogP contribution is -2.46. The van der Waals surface area contributed by atoms with Crippen LogP contribution in [-0.4, -0.2) is 35.2 Å². The van der Waals surface area contributed by atoms with Gasteiger partial charge in [-0.05, 0) is 41.9 Å². The van der Waals surface area contributed by atoms with Gasteiger partial charge in [-0.3, -0.25) is 10.3 Å². The number of likely N-dealkylation sites (tertiary alicyclic amines) is 1. The van der Waals surface area contributed by atoms with Gasteiger partial charge in [-0.25, -0.2) is 5.43 Å². The molecule has 2 atom stereocenters. The van der Waals surface area contributed by atoms with Gasteiger partial charge in [0.15, 0.2) is 5.11 Å². The maximum atomic E-state index is 9.67. The Labute approximate surface area is 170 Å². The zero-order valence-electron chi connectivity index (χ0n) is 15.6. The number of fused-ring (bicyclic) bond motifs is 2. The van der Waals surface area contributed by atoms with E-state index in [4.69, 9.17) is 18.0 Å². The van der Waals surface area contributed by atoms with Crippen molar-refractivity contribution in [2.75, 3.05) is 18.0 Å². The zero-order chi connectivity index (χ0) is 19.5. The number of hydrogen-bond acceptors (Lipinski definition) is 5. The number of nitrogens with zero attached hydrogens (tertiary/aromatic N) is 3. The summed E-state index contributed by atoms with van der Waals surface area (Å²) in [6.45, 7) is 3.57. The Morgan fingerprint density at radius 3 is 2.64 bits per heavy atom. The van der Waals surface area contributed by atoms with Crippen LogP contribution in [0.1, 0.15) is 23.1 Å². The Morgan fingerprint density at radius 2 is 1.96 bits per heavy atom. The summed E-state index contributed by atoms with van der Waals surface area (Å²) in [7, 11) is 0. The standard InChI is InChI=1S/C21H24N6S/c22-10-17-8-16(11-24-25-21(23)28)6-7-20(17)27-14-18-9-19(27)13-26(18)12-15-4-2-1-3-5-15/h1-8,18-19,24H,9,11-14H2,(H3,23,25,28)/t18?,19-/m0/s1. The van der Waals surface area contributed by atoms with E-state index < -0.39 is 0 Å². The molecule has 6 nitrogen and oxygen atoms in total. The van der Waals surface area contributed by atoms with Gasteiger partial charge in [0, 0.05) is 38.3 Å². The van der Waals surface area contributed by atoms with E-state index in [1.807, 2.05) is 6.07 Å². The van der Waals surface area contributed by atoms with Crippen molar-refractivity contribution in [2.24, 2.45) is 5.73 Å². The number of hydrazine groups is 1. The highest BCUT2D eigenvalue weighted by Gasteiger charge is 2.43. The molecule has 144 valence electrons. The molecule has 2 bridgehead atoms. The van der Waals surface area contributed by atoms with Crippen LogP contribution in [0.2, 0.25) is 0 Å². The number of thiocarbonyl (C=S) groups is 1. The molecular weight excluding hydrogens is 368 g/mol. The fraction of sp³-hybridized carbons (Fsp3) is 0.333. The second-order valence-electron chi connectivity index (χ2n) is 7.42. The highest BCUT2D eigenvalue weighted by atomic mass is 32.1. The van der Waals surface area contributed by atoms with Crippen molar-refractivity contribution in [1.82, 2.24) is 15.8 Å². The molecular formula is C21H24N6S. The molecule has 4 N–H and O–H groups in total. The molecule has 2 aromatic carbocycles. The van der Waals surface area contributed by atoms with Gasteiger partial charge in [-0.1, -0.05) is 36.4 Å². The summed E-state index contributed by atoms with van der Waals surface area (Å²) >= 11 is 4.78. The van der Waals surface area contributed by atoms with E-state index in [1.54, 1.807) is 0 Å². The monoisotopic (exact) mass is 392 g/mol. The lowest BCUT2D eigenvalue weighted by Gasteiger charge is -2.36. The van der Waals surface area contributed by atoms with Gasteiger partial charge in [0.2, 0.25) is 0 Å². The summed E-state index contributed by atoms with van der Waals surface area (Å²) in [5.41, 5.74) is 15.2. The molecule has 1 unspecified atom stereocenters. The first-order valence-corrected chi connectivity index (χ1v) is 9.91. The van der Waals surface area contributed by atoms with E-state index in [9.17, 15) is 5.26 Å². The largest absolute Gasteiger partial charge is 0.375 e. The first kappa shape index (κ1) is 18.7. The number of anilines is 1. The Hall–Kier alpha value is -2.66. The van der Waals surface area contributed by atoms with Crippen molar-refractivity contribution in [1.29, 1.82) is 5.26 Å². The minimum Gasteiger partial charge on any atom is -0.375 e. The van der Waals surface area contributed by atoms with Gasteiger partial charge < -0.3 is 10.6 Å². The highest BCUT2D eigenvalue weighted by molar-refractivity contribution is 7.80. The van der Waals surface area contributed by atoms with Crippen LogP contribution in [0.5, 0.6) is 0 Å². The molecule has 0 radical (unpaired) electrons. The molecule has 7 heteroatoms. The van der Waals surface area contributed by atoms with Gasteiger partial charge in [-0.2, -0.15) is 5.26 Å². The number of rotatable bonds is 6. The molecule has 2 fully saturated rings. The summed E-state index contributed by atoms with van der Waals surface area (Å²) < 4.78 is 0. The average molecular weight is 393 g/mol. The third-order valence-electron chi connectivity index (χ3n) is 5.58. The molecule has 2 aliphatic rings. The van der Waals surface area contributed by atoms with E-state index in [2.05, 4.69) is 69.2 Å². The number of nitrogens with two attached hydrogens (primary N) is 1. The minimum atomic E-state index is 0.199. The molecule has 0 saturated carbocycles. The molecule has 2 aliphatic heterocycles. The molecule has 4 rings (SSSR count). The van der Waals surface area contributed by atoms with E-state index in [0.717, 1.165) is 36.4 Å². The van der Waals surface area contributed by atoms with E-state index in [0.29, 0.717) is 18.6 Å². The molecule has 2 aromatic rings. The molecule has 2 saturated heterocycles. The molecule has 2 heterocycles. The summed E-state index contributed by atoms with van der Waals surface area (Å²) in [6, 6.07) is 20.1. The SMILES string of the molecule is N#Cc1cc(CNNC(N)=S)ccc1N1CC2C[C@H]1CN2Cc1ccccc1. The third-order valence-corrected chi connectivity index (χ3v) is 5.68. The fourth-order valence-electron chi connectivity index (χ4n) is 4.32. The van der Waals surface area contributed by atoms with Crippen LogP contribution in [0.15, 0.2) is 48.5 Å². The van der Waals surface area contributed by atoms with E-state index in [1.165, 1.54) is 12.0 Å². The first-order valence-electron chi connectivity index (χ1n) is 9.50. The van der Waals surface area contributed by atoms with Crippen molar-refractivity contribution in [2.45, 2.75) is 31.6 Å². The molecule has 0 aromatic heterocycles. The van der Waals surface area contributed by atoms with Crippen LogP contribution < -0.4 is 21.5 Å². The summed E-state index contributed by atoms with van der Waals surface area (Å²) in [5, 5.41) is 9.87. The lowest BCUT2D eigenvalue weighted by atomic mass is 10.1. The number of hydrogen-bond donors (Lipinski definition) is 3. The first-order chi connectivity index (χ1) is 13.6. The number of benzene rings is 2. The van der Waals surface area contributed by atoms with Crippen LogP contribution in [0.3, 0.4) is 0 Å². The second kappa shape index (κ2) is 8.15. The van der Waals surface area contributed by atoms with Crippen molar-refractivity contribution < 1.29 is 0 Å². The van der Waals surface area contributed by atoms with Crippen molar-refractivity contribution >= 4 is 23.0 Å². The van der Waals surface area contributed by atoms with Gasteiger partial charge in [0.1, 0.15) is 6.07 Å². The number of nitrogens with one attached hydrogen (secondary N) is 2. The Morgan fingerprint density at radius 1 is 1.14 bits per heavy atom. The quantitative estimate of drug-likeness (QED) is 0.511. The molecule has 0 aliphatic carbocycles. The van der Waals surface area contributed by atoms with Crippen LogP contribution in [-0.2, 0) is 13.1 Å². The summed E-state index contributed by atoms with van der Waals surface area (Å²) in [4.78, 5) is 4.98. The van der Waals surface area contributed by atoms with Crippen LogP contribution in [0.25, 0.3) is 0 Å². The lowest BCUT2D eigenvalue weighted by molar-refractivity contribution is 0.230. The third kappa shape index (κ3) is 3.94. The number of nitriles is 1. The zero-order valence-corrected chi connectivity index (χ0v) is 16.5. The van der Waals surface area contributed by atoms with Gasteiger partial charge in [0.25, 0.3) is 0 Å². The second-order valence-corrected chi connectivity index (χ2v) is 7.86. The number of piperazine rings is 1. The van der Waals surface area contributed by atoms with Gasteiger partial charge in [-0.15, -0.1) is 0 Å². The molecule has 0 amide bonds. The molecule has 0 spiro atoms. The maximum absolute atomic E-state index is 9.67. The van der Waals surface area contributed by atoms with Crippen LogP contribution in [0, 0.1) is 11.3 Å². The average Bonchev–Trinajstić information content (AvgIpc) is 3.29. The van der Waals surface area contributed by atoms with Crippen molar-refractivity contribution in [3.8, 4) is 6.07 Å². The summed E-state index contributed by atoms with van der Waals surface area (Å²) in [6.07, 6.45) is 1.17. The predicted octanol–water partition coefficient (Wildman–Crippen LogP) is 1.86. The normalized spacial score (nSPS) is 20.9. The van der Waals surface area contributed by atoms with Gasteiger partial charge >= 0.3 is 0 Å². The van der Waals surface area contributed by atoms with Crippen LogP contribution >= 0.6 is 12.2 Å². The van der Waals surface area contributed by atoms with Crippen molar-refractivity contribution in [3.63, 3.8) is 0 Å². The fourth-order valence-corrected chi connectivity index (χ4v) is 4.39. The smallest absolute Gasteiger partial charge is 0.178 e. The van der Waals surface area contributed by atoms with E-state index in [-0.39, 0.29) is 5.11 Å². The predicted molar refractivity (Wildman–Crippen MR) is 114 cm³/mol. The minimum absolute atomic E-state index is 0.199. The van der Waals surface area contributed by atoms with Crippen molar-refractivity contribution in [3.05, 3.63) is 65.2 Å². The highest BCUT2D eigenvalue weighted by Crippen LogP contribution is 2.37. The summed E-state index contributed by atoms with van der Waals surface area (Å²) in [5.74, 6) is 0. The van der Waals surface area contributed by atoms with E-state index >= 15 is 0 Å². The van der Waals surface area contributed by atoms with Crippen LogP contribution in [0.4, 0.5) is 5.69 Å². The Kier molecular flexibility index (Phi) is 5.44. The Bertz CT molecular complexity index is 894. The van der Waals surface area contributed by atoms with Gasteiger partial charge in [0.05, 0.1) is 11.3 Å². The maximum Gasteiger partial charge on any atom is 0.178 e. The topological polar surface area (TPSA) is 80.3 Å². The Balaban J connectivity index is 1.42.